The van der Waals surface area contributed by atoms with Gasteiger partial charge in [-0.3, -0.25) is 9.59 Å². The summed E-state index contributed by atoms with van der Waals surface area (Å²) in [5.74, 6) is -3.07. The van der Waals surface area contributed by atoms with Crippen LogP contribution in [0.2, 0.25) is 0 Å². The molecule has 4 rings (SSSR count). The number of fused-ring (bicyclic) bond motifs is 1. The number of rotatable bonds is 11. The van der Waals surface area contributed by atoms with Crippen LogP contribution in [-0.4, -0.2) is 91.0 Å². The number of benzene rings is 1. The van der Waals surface area contributed by atoms with Crippen molar-refractivity contribution in [1.82, 2.24) is 5.32 Å². The summed E-state index contributed by atoms with van der Waals surface area (Å²) in [4.78, 5) is 63.2. The molecule has 0 radical (unpaired) electrons. The number of hydrogen-bond acceptors (Lipinski definition) is 12. The maximum Gasteiger partial charge on any atom is 0.348 e. The summed E-state index contributed by atoms with van der Waals surface area (Å²) in [6, 6.07) is 5.73. The minimum absolute atomic E-state index is 0.000393. The highest BCUT2D eigenvalue weighted by atomic mass is 16.7. The van der Waals surface area contributed by atoms with Gasteiger partial charge in [-0.2, -0.15) is 0 Å². The van der Waals surface area contributed by atoms with Crippen molar-refractivity contribution >= 4 is 35.9 Å². The van der Waals surface area contributed by atoms with Crippen LogP contribution < -0.4 is 5.32 Å². The molecule has 1 aromatic rings. The zero-order valence-electron chi connectivity index (χ0n) is 26.6. The molecule has 3 aliphatic rings. The highest BCUT2D eigenvalue weighted by molar-refractivity contribution is 5.97. The van der Waals surface area contributed by atoms with Gasteiger partial charge in [-0.25, -0.2) is 14.4 Å². The highest BCUT2D eigenvalue weighted by Gasteiger charge is 2.46. The average molecular weight is 644 g/mol. The standard InChI is InChI=1S/C33H41NO12/c1-32(2,3)46-26(37)13-11-21(16-35)34-29(38)20-14-23-27(43-18-42-23)24(15-20)44-30(39)22-9-7-6-8-19(22)10-12-25(36)45-28-31(40)41-17-33(28,4)5/h6-10,12,14,21,23-24,27-28,35H,11,13,15-18H2,1-5H3,(H,34,38). The molecule has 1 aromatic carbocycles. The van der Waals surface area contributed by atoms with Gasteiger partial charge in [0.2, 0.25) is 12.0 Å². The van der Waals surface area contributed by atoms with Crippen molar-refractivity contribution in [2.24, 2.45) is 5.41 Å². The van der Waals surface area contributed by atoms with E-state index in [9.17, 15) is 29.1 Å². The maximum absolute atomic E-state index is 13.4. The third-order valence-corrected chi connectivity index (χ3v) is 7.54. The lowest BCUT2D eigenvalue weighted by Crippen LogP contribution is -2.45. The minimum Gasteiger partial charge on any atom is -0.462 e. The number of hydrogen-bond donors (Lipinski definition) is 2. The van der Waals surface area contributed by atoms with Gasteiger partial charge in [0.1, 0.15) is 37.3 Å². The van der Waals surface area contributed by atoms with Gasteiger partial charge >= 0.3 is 23.9 Å². The first-order chi connectivity index (χ1) is 21.7. The van der Waals surface area contributed by atoms with Gasteiger partial charge in [0.25, 0.3) is 0 Å². The summed E-state index contributed by atoms with van der Waals surface area (Å²) in [7, 11) is 0. The predicted octanol–water partition coefficient (Wildman–Crippen LogP) is 2.39. The number of esters is 4. The molecular weight excluding hydrogens is 602 g/mol. The SMILES string of the molecule is CC(C)(C)OC(=O)CCC(CO)NC(=O)C1=CC2OCOC2C(OC(=O)c2ccccc2C=CC(=O)OC2C(=O)OCC2(C)C)C1. The Morgan fingerprint density at radius 3 is 2.54 bits per heavy atom. The Kier molecular flexibility index (Phi) is 11.0. The van der Waals surface area contributed by atoms with Crippen LogP contribution in [0.25, 0.3) is 6.08 Å². The van der Waals surface area contributed by atoms with E-state index < -0.39 is 77.9 Å². The number of nitrogens with one attached hydrogen (secondary N) is 1. The fraction of sp³-hybridized carbons (Fsp3) is 0.545. The van der Waals surface area contributed by atoms with Crippen LogP contribution in [0, 0.1) is 5.41 Å². The van der Waals surface area contributed by atoms with Crippen LogP contribution in [0.3, 0.4) is 0 Å². The summed E-state index contributed by atoms with van der Waals surface area (Å²) < 4.78 is 32.7. The number of ether oxygens (including phenoxy) is 6. The van der Waals surface area contributed by atoms with Crippen molar-refractivity contribution in [3.8, 4) is 0 Å². The predicted molar refractivity (Wildman–Crippen MR) is 161 cm³/mol. The van der Waals surface area contributed by atoms with Crippen LogP contribution in [0.15, 0.2) is 42.0 Å². The van der Waals surface area contributed by atoms with E-state index >= 15 is 0 Å². The van der Waals surface area contributed by atoms with Gasteiger partial charge in [0.15, 0.2) is 0 Å². The van der Waals surface area contributed by atoms with Gasteiger partial charge in [0.05, 0.1) is 18.2 Å². The van der Waals surface area contributed by atoms with Gasteiger partial charge < -0.3 is 38.8 Å². The van der Waals surface area contributed by atoms with Crippen molar-refractivity contribution < 1.29 is 57.5 Å². The van der Waals surface area contributed by atoms with E-state index in [1.54, 1.807) is 58.9 Å². The zero-order chi connectivity index (χ0) is 33.6. The minimum atomic E-state index is -1.05. The van der Waals surface area contributed by atoms with E-state index in [-0.39, 0.29) is 43.8 Å². The lowest BCUT2D eigenvalue weighted by atomic mass is 9.90. The smallest absolute Gasteiger partial charge is 0.348 e. The summed E-state index contributed by atoms with van der Waals surface area (Å²) in [6.07, 6.45) is 1.02. The second-order valence-corrected chi connectivity index (χ2v) is 13.0. The molecular formula is C33H41NO12. The van der Waals surface area contributed by atoms with Crippen molar-refractivity contribution in [3.05, 3.63) is 53.1 Å². The lowest BCUT2D eigenvalue weighted by Gasteiger charge is -2.30. The number of aliphatic hydroxyl groups is 1. The summed E-state index contributed by atoms with van der Waals surface area (Å²) in [5.41, 5.74) is -0.552. The largest absolute Gasteiger partial charge is 0.462 e. The molecule has 0 spiro atoms. The fourth-order valence-electron chi connectivity index (χ4n) is 5.17. The molecule has 0 saturated carbocycles. The first-order valence-electron chi connectivity index (χ1n) is 15.1. The topological polar surface area (TPSA) is 173 Å². The molecule has 1 amide bonds. The molecule has 2 heterocycles. The van der Waals surface area contributed by atoms with E-state index in [2.05, 4.69) is 5.32 Å². The third-order valence-electron chi connectivity index (χ3n) is 7.54. The molecule has 5 unspecified atom stereocenters. The van der Waals surface area contributed by atoms with Gasteiger partial charge in [-0.15, -0.1) is 0 Å². The van der Waals surface area contributed by atoms with E-state index in [4.69, 9.17) is 28.4 Å². The molecule has 13 nitrogen and oxygen atoms in total. The van der Waals surface area contributed by atoms with Crippen LogP contribution >= 0.6 is 0 Å². The lowest BCUT2D eigenvalue weighted by molar-refractivity contribution is -0.159. The van der Waals surface area contributed by atoms with Gasteiger partial charge in [-0.1, -0.05) is 32.0 Å². The Bertz CT molecular complexity index is 1390. The zero-order valence-corrected chi connectivity index (χ0v) is 26.6. The number of cyclic esters (lactones) is 1. The summed E-state index contributed by atoms with van der Waals surface area (Å²) in [5, 5.41) is 12.5. The number of aliphatic hydroxyl groups excluding tert-OH is 1. The molecule has 2 aliphatic heterocycles. The number of amides is 1. The van der Waals surface area contributed by atoms with E-state index in [1.165, 1.54) is 12.1 Å². The number of carbonyl (C=O) groups is 5. The Balaban J connectivity index is 1.40. The molecule has 0 aromatic heterocycles. The first-order valence-corrected chi connectivity index (χ1v) is 15.1. The quantitative estimate of drug-likeness (QED) is 0.205. The first kappa shape index (κ1) is 34.8. The number of carbonyl (C=O) groups excluding carboxylic acids is 5. The Labute approximate surface area is 267 Å². The molecule has 13 heteroatoms. The van der Waals surface area contributed by atoms with Crippen molar-refractivity contribution in [2.75, 3.05) is 20.0 Å². The van der Waals surface area contributed by atoms with Crippen LogP contribution in [0.4, 0.5) is 0 Å². The second kappa shape index (κ2) is 14.6. The molecule has 5 atom stereocenters. The Hall–Kier alpha value is -4.07. The van der Waals surface area contributed by atoms with Gasteiger partial charge in [-0.05, 0) is 51.0 Å². The molecule has 250 valence electrons. The molecule has 1 aliphatic carbocycles. The third kappa shape index (κ3) is 9.02. The molecule has 2 saturated heterocycles. The fourth-order valence-corrected chi connectivity index (χ4v) is 5.17. The Morgan fingerprint density at radius 2 is 1.87 bits per heavy atom. The monoisotopic (exact) mass is 643 g/mol. The summed E-state index contributed by atoms with van der Waals surface area (Å²) >= 11 is 0. The van der Waals surface area contributed by atoms with Crippen LogP contribution in [-0.2, 0) is 47.6 Å². The van der Waals surface area contributed by atoms with Gasteiger partial charge in [0, 0.05) is 29.9 Å². The van der Waals surface area contributed by atoms with Crippen molar-refractivity contribution in [1.29, 1.82) is 0 Å². The molecule has 0 bridgehead atoms. The normalized spacial score (nSPS) is 24.4. The van der Waals surface area contributed by atoms with E-state index in [0.29, 0.717) is 5.56 Å². The van der Waals surface area contributed by atoms with Crippen LogP contribution in [0.5, 0.6) is 0 Å². The van der Waals surface area contributed by atoms with E-state index in [1.807, 2.05) is 0 Å². The average Bonchev–Trinajstić information content (AvgIpc) is 3.57. The van der Waals surface area contributed by atoms with Crippen LogP contribution in [0.1, 0.15) is 69.8 Å². The van der Waals surface area contributed by atoms with Crippen molar-refractivity contribution in [3.63, 3.8) is 0 Å². The highest BCUT2D eigenvalue weighted by Crippen LogP contribution is 2.32. The Morgan fingerprint density at radius 1 is 1.13 bits per heavy atom. The summed E-state index contributed by atoms with van der Waals surface area (Å²) in [6.45, 7) is 8.43. The second-order valence-electron chi connectivity index (χ2n) is 13.0. The van der Waals surface area contributed by atoms with E-state index in [0.717, 1.165) is 6.08 Å². The maximum atomic E-state index is 13.4. The molecule has 46 heavy (non-hydrogen) atoms. The molecule has 2 N–H and O–H groups in total. The van der Waals surface area contributed by atoms with Crippen molar-refractivity contribution in [2.45, 2.75) is 89.9 Å². The molecule has 2 fully saturated rings.